The fourth-order valence-electron chi connectivity index (χ4n) is 2.10. The Morgan fingerprint density at radius 2 is 2.21 bits per heavy atom. The van der Waals surface area contributed by atoms with Gasteiger partial charge in [-0.25, -0.2) is 4.52 Å². The third-order valence-electron chi connectivity index (χ3n) is 3.19. The van der Waals surface area contributed by atoms with Gasteiger partial charge in [-0.3, -0.25) is 14.5 Å². The second-order valence-electron chi connectivity index (χ2n) is 4.47. The van der Waals surface area contributed by atoms with Crippen LogP contribution in [0.15, 0.2) is 24.4 Å². The molecule has 2 amide bonds. The third-order valence-corrected chi connectivity index (χ3v) is 3.19. The van der Waals surface area contributed by atoms with Gasteiger partial charge in [0.1, 0.15) is 6.04 Å². The van der Waals surface area contributed by atoms with Crippen LogP contribution >= 0.6 is 0 Å². The molecule has 1 fully saturated rings. The maximum Gasteiger partial charge on any atom is 0.251 e. The number of pyridine rings is 1. The molecule has 2 aromatic heterocycles. The molecule has 0 spiro atoms. The molecule has 7 heteroatoms. The minimum atomic E-state index is -0.444. The number of carbonyl (C=O) groups excluding carboxylic acids is 2. The Hall–Kier alpha value is -2.44. The molecular weight excluding hydrogens is 246 g/mol. The molecule has 1 atom stereocenters. The largest absolute Gasteiger partial charge is 0.341 e. The van der Waals surface area contributed by atoms with Crippen molar-refractivity contribution in [3.8, 4) is 0 Å². The molecule has 0 radical (unpaired) electrons. The van der Waals surface area contributed by atoms with Gasteiger partial charge in [-0.2, -0.15) is 4.98 Å². The van der Waals surface area contributed by atoms with E-state index in [-0.39, 0.29) is 11.8 Å². The van der Waals surface area contributed by atoms with Gasteiger partial charge in [-0.05, 0) is 18.6 Å². The highest BCUT2D eigenvalue weighted by atomic mass is 16.2. The second kappa shape index (κ2) is 4.34. The number of piperidine rings is 1. The topological polar surface area (TPSA) is 79.6 Å². The monoisotopic (exact) mass is 259 g/mol. The van der Waals surface area contributed by atoms with Gasteiger partial charge >= 0.3 is 0 Å². The number of rotatable bonds is 2. The van der Waals surface area contributed by atoms with Crippen molar-refractivity contribution in [2.45, 2.75) is 18.9 Å². The van der Waals surface area contributed by atoms with Gasteiger partial charge in [-0.1, -0.05) is 6.07 Å². The average Bonchev–Trinajstić information content (AvgIpc) is 2.82. The smallest absolute Gasteiger partial charge is 0.251 e. The van der Waals surface area contributed by atoms with Crippen LogP contribution in [0.2, 0.25) is 0 Å². The van der Waals surface area contributed by atoms with Crippen LogP contribution in [0.25, 0.3) is 5.65 Å². The number of anilines is 1. The summed E-state index contributed by atoms with van der Waals surface area (Å²) in [6, 6.07) is 5.10. The Kier molecular flexibility index (Phi) is 2.66. The minimum Gasteiger partial charge on any atom is -0.341 e. The molecule has 3 rings (SSSR count). The summed E-state index contributed by atoms with van der Waals surface area (Å²) in [4.78, 5) is 28.7. The van der Waals surface area contributed by atoms with Gasteiger partial charge < -0.3 is 5.32 Å². The highest BCUT2D eigenvalue weighted by Gasteiger charge is 2.32. The lowest BCUT2D eigenvalue weighted by atomic mass is 10.1. The van der Waals surface area contributed by atoms with Gasteiger partial charge in [-0.15, -0.1) is 5.10 Å². The fraction of sp³-hybridized carbons (Fsp3) is 0.333. The molecular formula is C12H13N5O2. The number of likely N-dealkylation sites (tertiary alicyclic amines) is 1. The lowest BCUT2D eigenvalue weighted by Crippen LogP contribution is -2.48. The zero-order valence-electron chi connectivity index (χ0n) is 10.4. The van der Waals surface area contributed by atoms with E-state index in [0.717, 1.165) is 4.90 Å². The van der Waals surface area contributed by atoms with Crippen LogP contribution in [-0.2, 0) is 9.59 Å². The fourth-order valence-corrected chi connectivity index (χ4v) is 2.10. The first kappa shape index (κ1) is 11.6. The average molecular weight is 259 g/mol. The summed E-state index contributed by atoms with van der Waals surface area (Å²) in [6.07, 6.45) is 2.61. The van der Waals surface area contributed by atoms with Gasteiger partial charge in [0.2, 0.25) is 11.9 Å². The number of fused-ring (bicyclic) bond motifs is 1. The number of nitrogens with zero attached hydrogens (tertiary/aromatic N) is 4. The number of imide groups is 1. The van der Waals surface area contributed by atoms with E-state index in [9.17, 15) is 9.59 Å². The van der Waals surface area contributed by atoms with E-state index >= 15 is 0 Å². The first-order valence-electron chi connectivity index (χ1n) is 6.03. The van der Waals surface area contributed by atoms with Crippen molar-refractivity contribution < 1.29 is 9.59 Å². The minimum absolute atomic E-state index is 0.147. The van der Waals surface area contributed by atoms with Gasteiger partial charge in [0, 0.05) is 19.7 Å². The molecule has 7 nitrogen and oxygen atoms in total. The van der Waals surface area contributed by atoms with Crippen molar-refractivity contribution in [1.82, 2.24) is 19.5 Å². The van der Waals surface area contributed by atoms with E-state index in [0.29, 0.717) is 24.4 Å². The normalized spacial score (nSPS) is 20.1. The maximum atomic E-state index is 11.9. The molecule has 0 saturated carbocycles. The summed E-state index contributed by atoms with van der Waals surface area (Å²) in [7, 11) is 1.50. The van der Waals surface area contributed by atoms with Crippen LogP contribution in [0.4, 0.5) is 5.95 Å². The standard InChI is InChI=1S/C12H13N5O2/c1-16-10(18)6-5-8(11(16)19)13-12-14-9-4-2-3-7-17(9)15-12/h2-4,7-8H,5-6H2,1H3,(H,13,15). The van der Waals surface area contributed by atoms with Crippen molar-refractivity contribution in [2.75, 3.05) is 12.4 Å². The van der Waals surface area contributed by atoms with Gasteiger partial charge in [0.05, 0.1) is 0 Å². The summed E-state index contributed by atoms with van der Waals surface area (Å²) in [5.41, 5.74) is 0.706. The van der Waals surface area contributed by atoms with E-state index in [2.05, 4.69) is 15.4 Å². The van der Waals surface area contributed by atoms with Gasteiger partial charge in [0.15, 0.2) is 5.65 Å². The SMILES string of the molecule is CN1C(=O)CCC(Nc2nc3ccccn3n2)C1=O. The molecule has 0 aliphatic carbocycles. The van der Waals surface area contributed by atoms with E-state index in [1.54, 1.807) is 10.7 Å². The van der Waals surface area contributed by atoms with Crippen LogP contribution in [0, 0.1) is 0 Å². The molecule has 1 unspecified atom stereocenters. The molecule has 19 heavy (non-hydrogen) atoms. The summed E-state index contributed by atoms with van der Waals surface area (Å²) in [5.74, 6) is 0.00779. The Morgan fingerprint density at radius 1 is 1.37 bits per heavy atom. The first-order chi connectivity index (χ1) is 9.15. The van der Waals surface area contributed by atoms with Crippen molar-refractivity contribution in [3.63, 3.8) is 0 Å². The van der Waals surface area contributed by atoms with E-state index in [1.165, 1.54) is 7.05 Å². The number of carbonyl (C=O) groups is 2. The first-order valence-corrected chi connectivity index (χ1v) is 6.03. The van der Waals surface area contributed by atoms with Crippen LogP contribution in [-0.4, -0.2) is 44.4 Å². The number of hydrogen-bond donors (Lipinski definition) is 1. The number of amides is 2. The molecule has 1 N–H and O–H groups in total. The second-order valence-corrected chi connectivity index (χ2v) is 4.47. The Morgan fingerprint density at radius 3 is 3.00 bits per heavy atom. The van der Waals surface area contributed by atoms with Crippen molar-refractivity contribution >= 4 is 23.4 Å². The quantitative estimate of drug-likeness (QED) is 0.784. The van der Waals surface area contributed by atoms with Crippen molar-refractivity contribution in [1.29, 1.82) is 0 Å². The summed E-state index contributed by atoms with van der Waals surface area (Å²) in [6.45, 7) is 0. The zero-order valence-corrected chi connectivity index (χ0v) is 10.4. The van der Waals surface area contributed by atoms with E-state index < -0.39 is 6.04 Å². The maximum absolute atomic E-state index is 11.9. The van der Waals surface area contributed by atoms with E-state index in [1.807, 2.05) is 18.2 Å². The molecule has 3 heterocycles. The van der Waals surface area contributed by atoms with E-state index in [4.69, 9.17) is 0 Å². The molecule has 98 valence electrons. The van der Waals surface area contributed by atoms with Crippen LogP contribution in [0.1, 0.15) is 12.8 Å². The predicted molar refractivity (Wildman–Crippen MR) is 67.4 cm³/mol. The highest BCUT2D eigenvalue weighted by molar-refractivity contribution is 6.01. The number of aromatic nitrogens is 3. The number of hydrogen-bond acceptors (Lipinski definition) is 5. The van der Waals surface area contributed by atoms with Crippen LogP contribution < -0.4 is 5.32 Å². The third kappa shape index (κ3) is 2.03. The molecule has 1 aliphatic heterocycles. The summed E-state index contributed by atoms with van der Waals surface area (Å²) >= 11 is 0. The molecule has 0 aromatic carbocycles. The van der Waals surface area contributed by atoms with Crippen molar-refractivity contribution in [3.05, 3.63) is 24.4 Å². The molecule has 1 aliphatic rings. The number of nitrogens with one attached hydrogen (secondary N) is 1. The highest BCUT2D eigenvalue weighted by Crippen LogP contribution is 2.15. The molecule has 0 bridgehead atoms. The van der Waals surface area contributed by atoms with Crippen LogP contribution in [0.5, 0.6) is 0 Å². The molecule has 2 aromatic rings. The van der Waals surface area contributed by atoms with Crippen LogP contribution in [0.3, 0.4) is 0 Å². The Balaban J connectivity index is 1.81. The lowest BCUT2D eigenvalue weighted by Gasteiger charge is -2.27. The lowest BCUT2D eigenvalue weighted by molar-refractivity contribution is -0.146. The predicted octanol–water partition coefficient (Wildman–Crippen LogP) is 0.289. The summed E-state index contributed by atoms with van der Waals surface area (Å²) < 4.78 is 1.63. The number of likely N-dealkylation sites (N-methyl/N-ethyl adjacent to an activating group) is 1. The molecule has 1 saturated heterocycles. The summed E-state index contributed by atoms with van der Waals surface area (Å²) in [5, 5.41) is 7.21. The Labute approximate surface area is 109 Å². The Bertz CT molecular complexity index is 617. The van der Waals surface area contributed by atoms with Crippen molar-refractivity contribution in [2.24, 2.45) is 0 Å². The zero-order chi connectivity index (χ0) is 13.4. The van der Waals surface area contributed by atoms with Gasteiger partial charge in [0.25, 0.3) is 5.91 Å².